The van der Waals surface area contributed by atoms with Crippen LogP contribution in [0.5, 0.6) is 0 Å². The molecule has 0 aliphatic carbocycles. The minimum atomic E-state index is -1.51. The summed E-state index contributed by atoms with van der Waals surface area (Å²) in [6.45, 7) is 16.7. The highest BCUT2D eigenvalue weighted by Crippen LogP contribution is 2.85. The van der Waals surface area contributed by atoms with Crippen LogP contribution in [0, 0.1) is 0 Å². The Balaban J connectivity index is 2.00. The summed E-state index contributed by atoms with van der Waals surface area (Å²) < 4.78 is 0. The third-order valence-electron chi connectivity index (χ3n) is 6.33. The summed E-state index contributed by atoms with van der Waals surface area (Å²) in [6.07, 6.45) is 0. The van der Waals surface area contributed by atoms with E-state index in [1.54, 1.807) is 15.9 Å². The maximum absolute atomic E-state index is 2.78. The molecule has 0 unspecified atom stereocenters. The first kappa shape index (κ1) is 22.8. The van der Waals surface area contributed by atoms with Crippen molar-refractivity contribution in [3.63, 3.8) is 0 Å². The van der Waals surface area contributed by atoms with Gasteiger partial charge in [0.25, 0.3) is 0 Å². The lowest BCUT2D eigenvalue weighted by atomic mass is 10.4. The van der Waals surface area contributed by atoms with Crippen LogP contribution in [0.3, 0.4) is 0 Å². The molecule has 1 saturated heterocycles. The van der Waals surface area contributed by atoms with Crippen LogP contribution in [0.4, 0.5) is 0 Å². The van der Waals surface area contributed by atoms with Gasteiger partial charge in [-0.15, -0.1) is 0 Å². The second kappa shape index (κ2) is 8.51. The molecule has 1 aliphatic rings. The summed E-state index contributed by atoms with van der Waals surface area (Å²) in [6, 6.07) is 35.2. The van der Waals surface area contributed by atoms with Crippen LogP contribution in [0.1, 0.15) is 0 Å². The molecule has 1 aliphatic heterocycles. The predicted octanol–water partition coefficient (Wildman–Crippen LogP) is 7.53. The van der Waals surface area contributed by atoms with Gasteiger partial charge < -0.3 is 0 Å². The highest BCUT2D eigenvalue weighted by atomic mass is 32.1. The van der Waals surface area contributed by atoms with Gasteiger partial charge in [0.1, 0.15) is 22.2 Å². The molecule has 1 fully saturated rings. The van der Waals surface area contributed by atoms with Crippen LogP contribution in [-0.2, 0) is 0 Å². The van der Waals surface area contributed by atoms with Crippen molar-refractivity contribution in [2.75, 3.05) is 0 Å². The predicted molar refractivity (Wildman–Crippen MR) is 151 cm³/mol. The molecule has 156 valence electrons. The molecule has 3 aromatic rings. The topological polar surface area (TPSA) is 0 Å². The van der Waals surface area contributed by atoms with Gasteiger partial charge in [-0.1, -0.05) is 151 Å². The molecule has 0 amide bonds. The van der Waals surface area contributed by atoms with E-state index in [0.717, 1.165) is 0 Å². The largest absolute Gasteiger partial charge is 0.104 e. The van der Waals surface area contributed by atoms with Gasteiger partial charge in [-0.3, -0.25) is 0 Å². The normalized spacial score (nSPS) is 26.8. The van der Waals surface area contributed by atoms with Crippen LogP contribution in [-0.4, -0.2) is 22.2 Å². The van der Waals surface area contributed by atoms with Crippen molar-refractivity contribution in [1.82, 2.24) is 0 Å². The lowest BCUT2D eigenvalue weighted by molar-refractivity contribution is 1.77. The number of rotatable bonds is 3. The van der Waals surface area contributed by atoms with Gasteiger partial charge in [0.15, 0.2) is 0 Å². The summed E-state index contributed by atoms with van der Waals surface area (Å²) in [4.78, 5) is 0. The van der Waals surface area contributed by atoms with Crippen molar-refractivity contribution in [3.8, 4) is 0 Å². The van der Waals surface area contributed by atoms with Crippen LogP contribution >= 0.6 is 21.1 Å². The van der Waals surface area contributed by atoms with E-state index in [9.17, 15) is 0 Å². The number of hydrogen-bond donors (Lipinski definition) is 0. The van der Waals surface area contributed by atoms with E-state index in [4.69, 9.17) is 0 Å². The second-order valence-electron chi connectivity index (χ2n) is 9.50. The molecule has 0 spiro atoms. The van der Waals surface area contributed by atoms with Gasteiger partial charge in [-0.05, 0) is 15.9 Å². The average molecular weight is 499 g/mol. The van der Waals surface area contributed by atoms with Crippen LogP contribution in [0.2, 0.25) is 39.3 Å². The lowest BCUT2D eigenvalue weighted by Gasteiger charge is -2.63. The zero-order valence-electron chi connectivity index (χ0n) is 19.0. The molecule has 0 aromatic heterocycles. The summed E-state index contributed by atoms with van der Waals surface area (Å²) >= 11 is 0. The maximum atomic E-state index is 2.78. The molecule has 0 radical (unpaired) electrons. The van der Waals surface area contributed by atoms with Crippen molar-refractivity contribution in [1.29, 1.82) is 0 Å². The molecule has 0 nitrogen and oxygen atoms in total. The van der Waals surface area contributed by atoms with Gasteiger partial charge in [0, 0.05) is 0 Å². The molecule has 6 heteroatoms. The van der Waals surface area contributed by atoms with Crippen molar-refractivity contribution in [2.24, 2.45) is 0 Å². The van der Waals surface area contributed by atoms with Gasteiger partial charge in [-0.2, -0.15) is 0 Å². The van der Waals surface area contributed by atoms with Crippen molar-refractivity contribution in [3.05, 3.63) is 91.0 Å². The molecule has 0 bridgehead atoms. The highest BCUT2D eigenvalue weighted by molar-refractivity contribution is 8.69. The number of benzene rings is 3. The van der Waals surface area contributed by atoms with Crippen molar-refractivity contribution < 1.29 is 0 Å². The molecule has 4 rings (SSSR count). The Morgan fingerprint density at radius 2 is 0.567 bits per heavy atom. The fraction of sp³-hybridized carbons (Fsp3) is 0.250. The zero-order chi connectivity index (χ0) is 21.6. The first-order valence-corrected chi connectivity index (χ1v) is 28.8. The Bertz CT molecular complexity index is 842. The van der Waals surface area contributed by atoms with Crippen molar-refractivity contribution >= 4 is 59.2 Å². The molecule has 3 aromatic carbocycles. The summed E-state index contributed by atoms with van der Waals surface area (Å²) in [5.74, 6) is 0. The zero-order valence-corrected chi connectivity index (χ0v) is 24.7. The van der Waals surface area contributed by atoms with Gasteiger partial charge in [-0.25, -0.2) is 0 Å². The van der Waals surface area contributed by atoms with E-state index in [0.29, 0.717) is 0 Å². The van der Waals surface area contributed by atoms with Crippen LogP contribution in [0.15, 0.2) is 91.0 Å². The van der Waals surface area contributed by atoms with E-state index in [1.165, 1.54) is 0 Å². The first-order chi connectivity index (χ1) is 14.2. The Morgan fingerprint density at radius 3 is 0.767 bits per heavy atom. The van der Waals surface area contributed by atoms with Gasteiger partial charge >= 0.3 is 0 Å². The molecule has 1 heterocycles. The Morgan fingerprint density at radius 1 is 0.367 bits per heavy atom. The molecular formula is C24H33P3Si3. The molecule has 0 N–H and O–H groups in total. The minimum Gasteiger partial charge on any atom is -0.0896 e. The third-order valence-corrected chi connectivity index (χ3v) is 90.8. The van der Waals surface area contributed by atoms with E-state index >= 15 is 0 Å². The van der Waals surface area contributed by atoms with Gasteiger partial charge in [0.05, 0.1) is 0 Å². The summed E-state index contributed by atoms with van der Waals surface area (Å²) in [7, 11) is -4.72. The van der Waals surface area contributed by atoms with Crippen LogP contribution < -0.4 is 15.9 Å². The maximum Gasteiger partial charge on any atom is 0.104 e. The van der Waals surface area contributed by atoms with Gasteiger partial charge in [0.2, 0.25) is 0 Å². The second-order valence-corrected chi connectivity index (χ2v) is 57.4. The summed E-state index contributed by atoms with van der Waals surface area (Å²) in [5, 5.41) is 5.12. The smallest absolute Gasteiger partial charge is 0.0896 e. The minimum absolute atomic E-state index is 0.0676. The Hall–Kier alpha value is -0.399. The van der Waals surface area contributed by atoms with E-state index in [1.807, 2.05) is 0 Å². The molecule has 0 atom stereocenters. The number of hydrogen-bond acceptors (Lipinski definition) is 0. The molecule has 0 saturated carbocycles. The quantitative estimate of drug-likeness (QED) is 0.259. The Labute approximate surface area is 188 Å². The monoisotopic (exact) mass is 498 g/mol. The molecule has 30 heavy (non-hydrogen) atoms. The van der Waals surface area contributed by atoms with E-state index in [-0.39, 0.29) is 21.1 Å². The third kappa shape index (κ3) is 3.81. The van der Waals surface area contributed by atoms with Crippen molar-refractivity contribution in [2.45, 2.75) is 39.3 Å². The molecular weight excluding hydrogens is 465 g/mol. The van der Waals surface area contributed by atoms with E-state index in [2.05, 4.69) is 130 Å². The average Bonchev–Trinajstić information content (AvgIpc) is 2.68. The fourth-order valence-corrected chi connectivity index (χ4v) is 163. The van der Waals surface area contributed by atoms with Crippen LogP contribution in [0.25, 0.3) is 0 Å². The first-order valence-electron chi connectivity index (χ1n) is 10.7. The lowest BCUT2D eigenvalue weighted by Crippen LogP contribution is -2.56. The van der Waals surface area contributed by atoms with E-state index < -0.39 is 22.2 Å². The summed E-state index contributed by atoms with van der Waals surface area (Å²) in [5.41, 5.74) is 0. The fourth-order valence-electron chi connectivity index (χ4n) is 5.94. The SMILES string of the molecule is C[Si]1(C)P(c2ccccc2)[Si](C)(C)P(c2ccccc2)[Si](C)(C)P1c1ccccc1. The highest BCUT2D eigenvalue weighted by Gasteiger charge is 2.64. The standard InChI is InChI=1S/C24H33P3Si3/c1-28(2)25(22-16-10-7-11-17-22)29(3,4)27(24-20-14-9-15-21-24)30(5,6)26(28)23-18-12-8-13-19-23/h7-21H,1-6H3. The Kier molecular flexibility index (Phi) is 6.46.